The van der Waals surface area contributed by atoms with Crippen LogP contribution in [0, 0.1) is 6.92 Å². The topological polar surface area (TPSA) is 20.3 Å². The van der Waals surface area contributed by atoms with Crippen molar-refractivity contribution < 1.29 is 4.79 Å². The van der Waals surface area contributed by atoms with E-state index in [1.54, 1.807) is 4.90 Å². The van der Waals surface area contributed by atoms with Crippen molar-refractivity contribution in [3.8, 4) is 0 Å². The van der Waals surface area contributed by atoms with Crippen LogP contribution in [0.5, 0.6) is 0 Å². The zero-order chi connectivity index (χ0) is 14.7. The van der Waals surface area contributed by atoms with Crippen LogP contribution in [0.25, 0.3) is 0 Å². The molecule has 0 aromatic heterocycles. The number of rotatable bonds is 3. The van der Waals surface area contributed by atoms with Crippen LogP contribution in [0.2, 0.25) is 0 Å². The SMILES string of the molecule is Cc1c(Br)cccc1C(=O)N(C)Cc1ccc(Br)cc1. The Labute approximate surface area is 136 Å². The molecular formula is C16H15Br2NO. The average Bonchev–Trinajstić information content (AvgIpc) is 2.43. The molecule has 0 N–H and O–H groups in total. The Bertz CT molecular complexity index is 623. The predicted octanol–water partition coefficient (Wildman–Crippen LogP) is 4.79. The molecule has 0 atom stereocenters. The maximum atomic E-state index is 12.5. The Balaban J connectivity index is 2.16. The van der Waals surface area contributed by atoms with Gasteiger partial charge in [0.2, 0.25) is 0 Å². The van der Waals surface area contributed by atoms with Crippen LogP contribution >= 0.6 is 31.9 Å². The van der Waals surface area contributed by atoms with Crippen molar-refractivity contribution in [1.82, 2.24) is 4.90 Å². The largest absolute Gasteiger partial charge is 0.337 e. The molecule has 2 rings (SSSR count). The maximum Gasteiger partial charge on any atom is 0.254 e. The number of carbonyl (C=O) groups is 1. The van der Waals surface area contributed by atoms with Crippen LogP contribution in [-0.2, 0) is 6.54 Å². The minimum absolute atomic E-state index is 0.0340. The highest BCUT2D eigenvalue weighted by atomic mass is 79.9. The summed E-state index contributed by atoms with van der Waals surface area (Å²) in [5.41, 5.74) is 2.82. The Morgan fingerprint density at radius 2 is 1.75 bits per heavy atom. The lowest BCUT2D eigenvalue weighted by Crippen LogP contribution is -2.26. The first-order chi connectivity index (χ1) is 9.49. The second-order valence-electron chi connectivity index (χ2n) is 4.70. The molecule has 2 aromatic carbocycles. The summed E-state index contributed by atoms with van der Waals surface area (Å²) in [5, 5.41) is 0. The summed E-state index contributed by atoms with van der Waals surface area (Å²) in [6.45, 7) is 2.54. The fourth-order valence-corrected chi connectivity index (χ4v) is 2.61. The summed E-state index contributed by atoms with van der Waals surface area (Å²) in [6, 6.07) is 13.7. The first-order valence-corrected chi connectivity index (χ1v) is 7.82. The number of benzene rings is 2. The van der Waals surface area contributed by atoms with E-state index in [0.717, 1.165) is 25.6 Å². The highest BCUT2D eigenvalue weighted by molar-refractivity contribution is 9.10. The second-order valence-corrected chi connectivity index (χ2v) is 6.47. The first kappa shape index (κ1) is 15.3. The number of nitrogens with zero attached hydrogens (tertiary/aromatic N) is 1. The summed E-state index contributed by atoms with van der Waals surface area (Å²) < 4.78 is 2.00. The van der Waals surface area contributed by atoms with Crippen molar-refractivity contribution in [2.24, 2.45) is 0 Å². The Kier molecular flexibility index (Phi) is 5.00. The molecule has 0 aliphatic heterocycles. The Morgan fingerprint density at radius 3 is 2.40 bits per heavy atom. The smallest absolute Gasteiger partial charge is 0.254 e. The van der Waals surface area contributed by atoms with Gasteiger partial charge in [-0.2, -0.15) is 0 Å². The number of carbonyl (C=O) groups excluding carboxylic acids is 1. The summed E-state index contributed by atoms with van der Waals surface area (Å²) in [7, 11) is 1.82. The van der Waals surface area contributed by atoms with Crippen molar-refractivity contribution in [3.05, 3.63) is 68.1 Å². The summed E-state index contributed by atoms with van der Waals surface area (Å²) in [6.07, 6.45) is 0. The van der Waals surface area contributed by atoms with Gasteiger partial charge >= 0.3 is 0 Å². The van der Waals surface area contributed by atoms with Crippen molar-refractivity contribution >= 4 is 37.8 Å². The van der Waals surface area contributed by atoms with E-state index in [1.807, 2.05) is 56.4 Å². The van der Waals surface area contributed by atoms with Crippen molar-refractivity contribution in [1.29, 1.82) is 0 Å². The molecule has 0 aliphatic rings. The zero-order valence-corrected chi connectivity index (χ0v) is 14.5. The third kappa shape index (κ3) is 3.49. The van der Waals surface area contributed by atoms with Gasteiger partial charge in [0.25, 0.3) is 5.91 Å². The van der Waals surface area contributed by atoms with E-state index >= 15 is 0 Å². The Hall–Kier alpha value is -1.13. The second kappa shape index (κ2) is 6.55. The molecule has 0 heterocycles. The molecule has 0 aliphatic carbocycles. The van der Waals surface area contributed by atoms with Crippen molar-refractivity contribution in [2.75, 3.05) is 7.05 Å². The molecule has 0 saturated carbocycles. The number of halogens is 2. The van der Waals surface area contributed by atoms with Crippen LogP contribution in [0.1, 0.15) is 21.5 Å². The maximum absolute atomic E-state index is 12.5. The van der Waals surface area contributed by atoms with Gasteiger partial charge in [-0.3, -0.25) is 4.79 Å². The first-order valence-electron chi connectivity index (χ1n) is 6.24. The number of amides is 1. The van der Waals surface area contributed by atoms with Gasteiger partial charge in [-0.05, 0) is 42.3 Å². The summed E-state index contributed by atoms with van der Waals surface area (Å²) >= 11 is 6.87. The fraction of sp³-hybridized carbons (Fsp3) is 0.188. The van der Waals surface area contributed by atoms with E-state index in [0.29, 0.717) is 6.54 Å². The Morgan fingerprint density at radius 1 is 1.10 bits per heavy atom. The number of hydrogen-bond acceptors (Lipinski definition) is 1. The molecule has 0 radical (unpaired) electrons. The van der Waals surface area contributed by atoms with Crippen molar-refractivity contribution in [2.45, 2.75) is 13.5 Å². The van der Waals surface area contributed by atoms with E-state index in [-0.39, 0.29) is 5.91 Å². The molecule has 2 aromatic rings. The third-order valence-corrected chi connectivity index (χ3v) is 4.57. The average molecular weight is 397 g/mol. The standard InChI is InChI=1S/C16H15Br2NO/c1-11-14(4-3-5-15(11)18)16(20)19(2)10-12-6-8-13(17)9-7-12/h3-9H,10H2,1-2H3. The van der Waals surface area contributed by atoms with Gasteiger partial charge in [-0.1, -0.05) is 50.1 Å². The molecule has 0 bridgehead atoms. The lowest BCUT2D eigenvalue weighted by Gasteiger charge is -2.19. The number of hydrogen-bond donors (Lipinski definition) is 0. The minimum Gasteiger partial charge on any atom is -0.337 e. The highest BCUT2D eigenvalue weighted by Gasteiger charge is 2.15. The molecule has 0 spiro atoms. The predicted molar refractivity (Wildman–Crippen MR) is 88.8 cm³/mol. The molecule has 4 heteroatoms. The molecule has 104 valence electrons. The molecule has 1 amide bonds. The molecule has 2 nitrogen and oxygen atoms in total. The van der Waals surface area contributed by atoms with Crippen LogP contribution in [-0.4, -0.2) is 17.9 Å². The monoisotopic (exact) mass is 395 g/mol. The van der Waals surface area contributed by atoms with E-state index in [9.17, 15) is 4.79 Å². The normalized spacial score (nSPS) is 10.4. The van der Waals surface area contributed by atoms with Crippen molar-refractivity contribution in [3.63, 3.8) is 0 Å². The van der Waals surface area contributed by atoms with Gasteiger partial charge in [0.05, 0.1) is 0 Å². The lowest BCUT2D eigenvalue weighted by atomic mass is 10.1. The van der Waals surface area contributed by atoms with Gasteiger partial charge in [-0.15, -0.1) is 0 Å². The van der Waals surface area contributed by atoms with Crippen LogP contribution in [0.4, 0.5) is 0 Å². The zero-order valence-electron chi connectivity index (χ0n) is 11.4. The molecule has 0 unspecified atom stereocenters. The van der Waals surface area contributed by atoms with E-state index in [4.69, 9.17) is 0 Å². The van der Waals surface area contributed by atoms with Crippen LogP contribution in [0.15, 0.2) is 51.4 Å². The quantitative estimate of drug-likeness (QED) is 0.730. The lowest BCUT2D eigenvalue weighted by molar-refractivity contribution is 0.0784. The van der Waals surface area contributed by atoms with Crippen LogP contribution in [0.3, 0.4) is 0 Å². The van der Waals surface area contributed by atoms with Crippen LogP contribution < -0.4 is 0 Å². The highest BCUT2D eigenvalue weighted by Crippen LogP contribution is 2.21. The minimum atomic E-state index is 0.0340. The van der Waals surface area contributed by atoms with Gasteiger partial charge in [0, 0.05) is 28.1 Å². The third-order valence-electron chi connectivity index (χ3n) is 3.18. The molecule has 0 saturated heterocycles. The van der Waals surface area contributed by atoms with Gasteiger partial charge in [-0.25, -0.2) is 0 Å². The van der Waals surface area contributed by atoms with Gasteiger partial charge in [0.1, 0.15) is 0 Å². The summed E-state index contributed by atoms with van der Waals surface area (Å²) in [4.78, 5) is 14.2. The van der Waals surface area contributed by atoms with E-state index in [1.165, 1.54) is 0 Å². The summed E-state index contributed by atoms with van der Waals surface area (Å²) in [5.74, 6) is 0.0340. The molecule has 20 heavy (non-hydrogen) atoms. The van der Waals surface area contributed by atoms with Gasteiger partial charge < -0.3 is 4.90 Å². The van der Waals surface area contributed by atoms with Gasteiger partial charge in [0.15, 0.2) is 0 Å². The molecular weight excluding hydrogens is 382 g/mol. The molecule has 0 fully saturated rings. The fourth-order valence-electron chi connectivity index (χ4n) is 1.98. The van der Waals surface area contributed by atoms with E-state index < -0.39 is 0 Å². The van der Waals surface area contributed by atoms with E-state index in [2.05, 4.69) is 31.9 Å².